The smallest absolute Gasteiger partial charge is 0.220 e. The van der Waals surface area contributed by atoms with Crippen molar-refractivity contribution < 1.29 is 14.3 Å². The standard InChI is InChI=1S/C19H21NO3/c1-22-15-8-9-17(18(12-15)23-2)16-6-4-3-5-13(16)11-14-7-10-19(21)20-14/h3-6,8-9,12,14H,7,10-11H2,1-2H3,(H,20,21). The molecule has 0 aliphatic carbocycles. The lowest BCUT2D eigenvalue weighted by Crippen LogP contribution is -2.27. The molecule has 1 saturated heterocycles. The molecule has 4 heteroatoms. The van der Waals surface area contributed by atoms with Crippen molar-refractivity contribution in [2.45, 2.75) is 25.3 Å². The number of amides is 1. The molecule has 1 fully saturated rings. The van der Waals surface area contributed by atoms with Crippen LogP contribution in [-0.4, -0.2) is 26.2 Å². The van der Waals surface area contributed by atoms with Crippen molar-refractivity contribution in [2.24, 2.45) is 0 Å². The fourth-order valence-corrected chi connectivity index (χ4v) is 3.08. The number of hydrogen-bond acceptors (Lipinski definition) is 3. The Balaban J connectivity index is 1.95. The molecule has 4 nitrogen and oxygen atoms in total. The molecule has 0 bridgehead atoms. The summed E-state index contributed by atoms with van der Waals surface area (Å²) in [6, 6.07) is 14.3. The van der Waals surface area contributed by atoms with E-state index in [1.165, 1.54) is 5.56 Å². The van der Waals surface area contributed by atoms with Gasteiger partial charge in [0.1, 0.15) is 11.5 Å². The molecule has 2 aromatic rings. The fourth-order valence-electron chi connectivity index (χ4n) is 3.08. The second-order valence-electron chi connectivity index (χ2n) is 5.73. The van der Waals surface area contributed by atoms with E-state index in [0.29, 0.717) is 6.42 Å². The van der Waals surface area contributed by atoms with E-state index in [2.05, 4.69) is 17.4 Å². The van der Waals surface area contributed by atoms with E-state index >= 15 is 0 Å². The number of nitrogens with one attached hydrogen (secondary N) is 1. The van der Waals surface area contributed by atoms with Gasteiger partial charge in [0.15, 0.2) is 0 Å². The first-order valence-corrected chi connectivity index (χ1v) is 7.81. The normalized spacial score (nSPS) is 17.0. The fraction of sp³-hybridized carbons (Fsp3) is 0.316. The summed E-state index contributed by atoms with van der Waals surface area (Å²) in [6.07, 6.45) is 2.35. The van der Waals surface area contributed by atoms with E-state index in [-0.39, 0.29) is 11.9 Å². The molecular weight excluding hydrogens is 290 g/mol. The molecule has 1 unspecified atom stereocenters. The average molecular weight is 311 g/mol. The molecule has 1 atom stereocenters. The van der Waals surface area contributed by atoms with Crippen molar-refractivity contribution in [1.82, 2.24) is 5.32 Å². The summed E-state index contributed by atoms with van der Waals surface area (Å²) in [5.74, 6) is 1.70. The van der Waals surface area contributed by atoms with Gasteiger partial charge in [-0.1, -0.05) is 24.3 Å². The monoisotopic (exact) mass is 311 g/mol. The van der Waals surface area contributed by atoms with Crippen LogP contribution in [0.15, 0.2) is 42.5 Å². The van der Waals surface area contributed by atoms with Gasteiger partial charge < -0.3 is 14.8 Å². The molecule has 0 radical (unpaired) electrons. The van der Waals surface area contributed by atoms with E-state index in [9.17, 15) is 4.79 Å². The van der Waals surface area contributed by atoms with Gasteiger partial charge in [0.25, 0.3) is 0 Å². The van der Waals surface area contributed by atoms with Crippen LogP contribution in [0.5, 0.6) is 11.5 Å². The third-order valence-corrected chi connectivity index (χ3v) is 4.27. The summed E-state index contributed by atoms with van der Waals surface area (Å²) in [5.41, 5.74) is 3.38. The lowest BCUT2D eigenvalue weighted by atomic mass is 9.94. The molecule has 23 heavy (non-hydrogen) atoms. The number of hydrogen-bond donors (Lipinski definition) is 1. The summed E-state index contributed by atoms with van der Waals surface area (Å²) >= 11 is 0. The first-order valence-electron chi connectivity index (χ1n) is 7.81. The number of carbonyl (C=O) groups excluding carboxylic acids is 1. The Bertz CT molecular complexity index is 712. The molecule has 2 aromatic carbocycles. The SMILES string of the molecule is COc1ccc(-c2ccccc2CC2CCC(=O)N2)c(OC)c1. The minimum Gasteiger partial charge on any atom is -0.497 e. The maximum Gasteiger partial charge on any atom is 0.220 e. The van der Waals surface area contributed by atoms with Crippen LogP contribution >= 0.6 is 0 Å². The van der Waals surface area contributed by atoms with Crippen molar-refractivity contribution in [1.29, 1.82) is 0 Å². The third-order valence-electron chi connectivity index (χ3n) is 4.27. The van der Waals surface area contributed by atoms with Gasteiger partial charge in [-0.05, 0) is 36.1 Å². The summed E-state index contributed by atoms with van der Waals surface area (Å²) in [7, 11) is 3.31. The van der Waals surface area contributed by atoms with Crippen LogP contribution in [0.1, 0.15) is 18.4 Å². The van der Waals surface area contributed by atoms with Crippen LogP contribution < -0.4 is 14.8 Å². The topological polar surface area (TPSA) is 47.6 Å². The van der Waals surface area contributed by atoms with Gasteiger partial charge in [0.2, 0.25) is 5.91 Å². The first-order chi connectivity index (χ1) is 11.2. The zero-order chi connectivity index (χ0) is 16.2. The third kappa shape index (κ3) is 3.31. The Morgan fingerprint density at radius 2 is 1.91 bits per heavy atom. The number of benzene rings is 2. The molecule has 1 aliphatic rings. The average Bonchev–Trinajstić information content (AvgIpc) is 3.00. The Labute approximate surface area is 136 Å². The molecule has 1 N–H and O–H groups in total. The van der Waals surface area contributed by atoms with Gasteiger partial charge in [-0.2, -0.15) is 0 Å². The van der Waals surface area contributed by atoms with Crippen molar-refractivity contribution in [3.8, 4) is 22.6 Å². The second-order valence-corrected chi connectivity index (χ2v) is 5.73. The predicted octanol–water partition coefficient (Wildman–Crippen LogP) is 3.19. The molecule has 120 valence electrons. The molecule has 3 rings (SSSR count). The largest absolute Gasteiger partial charge is 0.497 e. The number of rotatable bonds is 5. The predicted molar refractivity (Wildman–Crippen MR) is 89.9 cm³/mol. The van der Waals surface area contributed by atoms with Crippen LogP contribution in [0.25, 0.3) is 11.1 Å². The van der Waals surface area contributed by atoms with Gasteiger partial charge >= 0.3 is 0 Å². The summed E-state index contributed by atoms with van der Waals surface area (Å²) in [5, 5.41) is 3.04. The molecular formula is C19H21NO3. The minimum atomic E-state index is 0.148. The quantitative estimate of drug-likeness (QED) is 0.922. The molecule has 0 spiro atoms. The molecule has 0 aromatic heterocycles. The van der Waals surface area contributed by atoms with Crippen LogP contribution in [0.3, 0.4) is 0 Å². The van der Waals surface area contributed by atoms with Crippen molar-refractivity contribution in [2.75, 3.05) is 14.2 Å². The van der Waals surface area contributed by atoms with Gasteiger partial charge in [0, 0.05) is 24.1 Å². The number of methoxy groups -OCH3 is 2. The molecule has 1 heterocycles. The maximum atomic E-state index is 11.4. The first kappa shape index (κ1) is 15.4. The van der Waals surface area contributed by atoms with Gasteiger partial charge in [-0.25, -0.2) is 0 Å². The molecule has 1 aliphatic heterocycles. The van der Waals surface area contributed by atoms with E-state index in [0.717, 1.165) is 35.5 Å². The Morgan fingerprint density at radius 1 is 1.09 bits per heavy atom. The van der Waals surface area contributed by atoms with Crippen molar-refractivity contribution in [3.05, 3.63) is 48.0 Å². The van der Waals surface area contributed by atoms with Crippen molar-refractivity contribution >= 4 is 5.91 Å². The summed E-state index contributed by atoms with van der Waals surface area (Å²) < 4.78 is 10.8. The van der Waals surface area contributed by atoms with Crippen LogP contribution in [0.2, 0.25) is 0 Å². The van der Waals surface area contributed by atoms with E-state index in [4.69, 9.17) is 9.47 Å². The summed E-state index contributed by atoms with van der Waals surface area (Å²) in [6.45, 7) is 0. The zero-order valence-corrected chi connectivity index (χ0v) is 13.5. The van der Waals surface area contributed by atoms with Gasteiger partial charge in [-0.15, -0.1) is 0 Å². The minimum absolute atomic E-state index is 0.148. The number of ether oxygens (including phenoxy) is 2. The van der Waals surface area contributed by atoms with Crippen LogP contribution in [0, 0.1) is 0 Å². The van der Waals surface area contributed by atoms with E-state index < -0.39 is 0 Å². The molecule has 0 saturated carbocycles. The highest BCUT2D eigenvalue weighted by molar-refractivity contribution is 5.79. The Kier molecular flexibility index (Phi) is 4.51. The highest BCUT2D eigenvalue weighted by atomic mass is 16.5. The van der Waals surface area contributed by atoms with Gasteiger partial charge in [-0.3, -0.25) is 4.79 Å². The molecule has 1 amide bonds. The zero-order valence-electron chi connectivity index (χ0n) is 13.5. The van der Waals surface area contributed by atoms with Gasteiger partial charge in [0.05, 0.1) is 14.2 Å². The van der Waals surface area contributed by atoms with E-state index in [1.54, 1.807) is 14.2 Å². The highest BCUT2D eigenvalue weighted by Gasteiger charge is 2.22. The summed E-state index contributed by atoms with van der Waals surface area (Å²) in [4.78, 5) is 11.4. The lowest BCUT2D eigenvalue weighted by molar-refractivity contribution is -0.119. The van der Waals surface area contributed by atoms with E-state index in [1.807, 2.05) is 30.3 Å². The number of carbonyl (C=O) groups is 1. The maximum absolute atomic E-state index is 11.4. The van der Waals surface area contributed by atoms with Crippen LogP contribution in [-0.2, 0) is 11.2 Å². The second kappa shape index (κ2) is 6.73. The van der Waals surface area contributed by atoms with Crippen molar-refractivity contribution in [3.63, 3.8) is 0 Å². The Hall–Kier alpha value is -2.49. The highest BCUT2D eigenvalue weighted by Crippen LogP contribution is 2.35. The lowest BCUT2D eigenvalue weighted by Gasteiger charge is -2.16. The Morgan fingerprint density at radius 3 is 2.61 bits per heavy atom. The van der Waals surface area contributed by atoms with Crippen LogP contribution in [0.4, 0.5) is 0 Å².